The zero-order chi connectivity index (χ0) is 11.8. The van der Waals surface area contributed by atoms with Crippen molar-refractivity contribution < 1.29 is 9.84 Å². The fourth-order valence-corrected chi connectivity index (χ4v) is 2.07. The van der Waals surface area contributed by atoms with Gasteiger partial charge in [0.25, 0.3) is 0 Å². The number of hydrogen-bond donors (Lipinski definition) is 1. The molecule has 0 saturated carbocycles. The molecule has 0 unspecified atom stereocenters. The standard InChI is InChI=1S/C13H12N2O2/c1-17-12-6-13-14-9(8-16)7-15(13)11-5-3-2-4-10(11)12/h2-7,16H,8H2,1H3. The Morgan fingerprint density at radius 3 is 2.94 bits per heavy atom. The van der Waals surface area contributed by atoms with Gasteiger partial charge in [-0.15, -0.1) is 0 Å². The quantitative estimate of drug-likeness (QED) is 0.729. The molecule has 4 nitrogen and oxygen atoms in total. The first kappa shape index (κ1) is 10.1. The van der Waals surface area contributed by atoms with E-state index in [-0.39, 0.29) is 6.61 Å². The van der Waals surface area contributed by atoms with Gasteiger partial charge in [0.1, 0.15) is 11.4 Å². The Bertz CT molecular complexity index is 688. The number of nitrogens with zero attached hydrogens (tertiary/aromatic N) is 2. The average molecular weight is 228 g/mol. The lowest BCUT2D eigenvalue weighted by atomic mass is 10.2. The Labute approximate surface area is 98.1 Å². The summed E-state index contributed by atoms with van der Waals surface area (Å²) in [6.45, 7) is -0.0572. The van der Waals surface area contributed by atoms with E-state index in [1.807, 2.05) is 40.9 Å². The van der Waals surface area contributed by atoms with Gasteiger partial charge in [0.15, 0.2) is 0 Å². The Balaban J connectivity index is 2.47. The molecule has 0 fully saturated rings. The summed E-state index contributed by atoms with van der Waals surface area (Å²) in [5, 5.41) is 10.2. The van der Waals surface area contributed by atoms with Crippen LogP contribution >= 0.6 is 0 Å². The molecule has 17 heavy (non-hydrogen) atoms. The number of rotatable bonds is 2. The number of benzene rings is 1. The van der Waals surface area contributed by atoms with Crippen LogP contribution in [0.25, 0.3) is 16.6 Å². The first-order valence-electron chi connectivity index (χ1n) is 5.38. The maximum absolute atomic E-state index is 9.13. The SMILES string of the molecule is COc1cc2nc(CO)cn2c2ccccc12. The molecule has 0 atom stereocenters. The van der Waals surface area contributed by atoms with E-state index in [1.54, 1.807) is 7.11 Å². The second-order valence-corrected chi connectivity index (χ2v) is 3.85. The highest BCUT2D eigenvalue weighted by Gasteiger charge is 2.08. The van der Waals surface area contributed by atoms with Crippen molar-refractivity contribution in [2.24, 2.45) is 0 Å². The molecule has 0 aliphatic rings. The van der Waals surface area contributed by atoms with Crippen molar-refractivity contribution >= 4 is 16.6 Å². The summed E-state index contributed by atoms with van der Waals surface area (Å²) in [7, 11) is 1.65. The van der Waals surface area contributed by atoms with Crippen LogP contribution in [0.5, 0.6) is 5.75 Å². The van der Waals surface area contributed by atoms with Crippen molar-refractivity contribution in [1.29, 1.82) is 0 Å². The second kappa shape index (κ2) is 3.75. The molecule has 1 aromatic carbocycles. The Kier molecular flexibility index (Phi) is 2.23. The van der Waals surface area contributed by atoms with Gasteiger partial charge in [0, 0.05) is 17.6 Å². The normalized spacial score (nSPS) is 11.2. The highest BCUT2D eigenvalue weighted by Crippen LogP contribution is 2.27. The van der Waals surface area contributed by atoms with E-state index in [1.165, 1.54) is 0 Å². The molecule has 0 aliphatic carbocycles. The summed E-state index contributed by atoms with van der Waals surface area (Å²) in [5.74, 6) is 0.795. The number of aliphatic hydroxyl groups is 1. The molecule has 0 bridgehead atoms. The molecular weight excluding hydrogens is 216 g/mol. The Morgan fingerprint density at radius 2 is 2.18 bits per heavy atom. The van der Waals surface area contributed by atoms with Gasteiger partial charge in [-0.3, -0.25) is 4.40 Å². The van der Waals surface area contributed by atoms with E-state index in [9.17, 15) is 0 Å². The summed E-state index contributed by atoms with van der Waals surface area (Å²) in [4.78, 5) is 4.32. The third-order valence-corrected chi connectivity index (χ3v) is 2.85. The molecule has 2 aromatic heterocycles. The molecule has 2 heterocycles. The molecular formula is C13H12N2O2. The van der Waals surface area contributed by atoms with Crippen molar-refractivity contribution in [3.05, 3.63) is 42.2 Å². The molecule has 0 spiro atoms. The molecule has 3 rings (SSSR count). The third kappa shape index (κ3) is 1.45. The largest absolute Gasteiger partial charge is 0.496 e. The number of methoxy groups -OCH3 is 1. The number of pyridine rings is 1. The number of fused-ring (bicyclic) bond motifs is 3. The summed E-state index contributed by atoms with van der Waals surface area (Å²) >= 11 is 0. The predicted molar refractivity (Wildman–Crippen MR) is 65.2 cm³/mol. The van der Waals surface area contributed by atoms with Gasteiger partial charge in [0.2, 0.25) is 0 Å². The summed E-state index contributed by atoms with van der Waals surface area (Å²) in [6.07, 6.45) is 1.84. The number of ether oxygens (including phenoxy) is 1. The minimum Gasteiger partial charge on any atom is -0.496 e. The van der Waals surface area contributed by atoms with Crippen LogP contribution in [0.4, 0.5) is 0 Å². The van der Waals surface area contributed by atoms with Crippen LogP contribution < -0.4 is 4.74 Å². The molecule has 0 aliphatic heterocycles. The lowest BCUT2D eigenvalue weighted by molar-refractivity contribution is 0.277. The zero-order valence-electron chi connectivity index (χ0n) is 9.42. The summed E-state index contributed by atoms with van der Waals surface area (Å²) in [5.41, 5.74) is 2.46. The predicted octanol–water partition coefficient (Wildman–Crippen LogP) is 1.99. The van der Waals surface area contributed by atoms with Crippen LogP contribution in [-0.2, 0) is 6.61 Å². The number of aliphatic hydroxyl groups excluding tert-OH is 1. The smallest absolute Gasteiger partial charge is 0.141 e. The number of hydrogen-bond acceptors (Lipinski definition) is 3. The molecule has 4 heteroatoms. The highest BCUT2D eigenvalue weighted by atomic mass is 16.5. The summed E-state index contributed by atoms with van der Waals surface area (Å²) < 4.78 is 7.32. The average Bonchev–Trinajstić information content (AvgIpc) is 2.81. The van der Waals surface area contributed by atoms with Crippen LogP contribution in [-0.4, -0.2) is 21.6 Å². The lowest BCUT2D eigenvalue weighted by Crippen LogP contribution is -1.91. The molecule has 0 amide bonds. The van der Waals surface area contributed by atoms with Crippen LogP contribution in [0.15, 0.2) is 36.5 Å². The van der Waals surface area contributed by atoms with Crippen molar-refractivity contribution in [3.8, 4) is 5.75 Å². The number of para-hydroxylation sites is 1. The number of aromatic nitrogens is 2. The van der Waals surface area contributed by atoms with Crippen molar-refractivity contribution in [2.75, 3.05) is 7.11 Å². The highest BCUT2D eigenvalue weighted by molar-refractivity contribution is 5.88. The number of imidazole rings is 1. The third-order valence-electron chi connectivity index (χ3n) is 2.85. The van der Waals surface area contributed by atoms with E-state index in [0.29, 0.717) is 5.69 Å². The Hall–Kier alpha value is -2.07. The van der Waals surface area contributed by atoms with Crippen LogP contribution in [0.1, 0.15) is 5.69 Å². The maximum Gasteiger partial charge on any atom is 0.141 e. The van der Waals surface area contributed by atoms with Crippen LogP contribution in [0, 0.1) is 0 Å². The molecule has 0 radical (unpaired) electrons. The monoisotopic (exact) mass is 228 g/mol. The molecule has 1 N–H and O–H groups in total. The first-order valence-corrected chi connectivity index (χ1v) is 5.38. The van der Waals surface area contributed by atoms with Gasteiger partial charge in [-0.1, -0.05) is 12.1 Å². The fraction of sp³-hybridized carbons (Fsp3) is 0.154. The van der Waals surface area contributed by atoms with E-state index in [4.69, 9.17) is 9.84 Å². The van der Waals surface area contributed by atoms with Gasteiger partial charge in [0.05, 0.1) is 24.9 Å². The first-order chi connectivity index (χ1) is 8.33. The molecule has 86 valence electrons. The van der Waals surface area contributed by atoms with E-state index >= 15 is 0 Å². The van der Waals surface area contributed by atoms with Crippen LogP contribution in [0.2, 0.25) is 0 Å². The fourth-order valence-electron chi connectivity index (χ4n) is 2.07. The molecule has 3 aromatic rings. The van der Waals surface area contributed by atoms with E-state index < -0.39 is 0 Å². The van der Waals surface area contributed by atoms with Crippen LogP contribution in [0.3, 0.4) is 0 Å². The zero-order valence-corrected chi connectivity index (χ0v) is 9.42. The van der Waals surface area contributed by atoms with Gasteiger partial charge in [-0.2, -0.15) is 0 Å². The summed E-state index contributed by atoms with van der Waals surface area (Å²) in [6, 6.07) is 9.84. The molecule has 0 saturated heterocycles. The minimum atomic E-state index is -0.0572. The maximum atomic E-state index is 9.13. The second-order valence-electron chi connectivity index (χ2n) is 3.85. The van der Waals surface area contributed by atoms with E-state index in [0.717, 1.165) is 22.3 Å². The topological polar surface area (TPSA) is 46.8 Å². The van der Waals surface area contributed by atoms with E-state index in [2.05, 4.69) is 4.98 Å². The minimum absolute atomic E-state index is 0.0572. The van der Waals surface area contributed by atoms with Crippen molar-refractivity contribution in [1.82, 2.24) is 9.38 Å². The Morgan fingerprint density at radius 1 is 1.35 bits per heavy atom. The lowest BCUT2D eigenvalue weighted by Gasteiger charge is -2.07. The van der Waals surface area contributed by atoms with Gasteiger partial charge >= 0.3 is 0 Å². The van der Waals surface area contributed by atoms with Crippen molar-refractivity contribution in [2.45, 2.75) is 6.61 Å². The van der Waals surface area contributed by atoms with Gasteiger partial charge in [-0.25, -0.2) is 4.98 Å². The van der Waals surface area contributed by atoms with Gasteiger partial charge in [-0.05, 0) is 12.1 Å². The van der Waals surface area contributed by atoms with Gasteiger partial charge < -0.3 is 9.84 Å². The van der Waals surface area contributed by atoms with Crippen molar-refractivity contribution in [3.63, 3.8) is 0 Å².